The van der Waals surface area contributed by atoms with Crippen molar-refractivity contribution in [3.63, 3.8) is 0 Å². The molecule has 168 valence electrons. The molecule has 3 heterocycles. The maximum Gasteiger partial charge on any atom is 0.240 e. The van der Waals surface area contributed by atoms with E-state index in [1.54, 1.807) is 48.5 Å². The molecule has 2 amide bonds. The highest BCUT2D eigenvalue weighted by Gasteiger charge is 2.64. The number of hydrogen-bond donors (Lipinski definition) is 0. The number of amides is 2. The Labute approximate surface area is 206 Å². The lowest BCUT2D eigenvalue weighted by atomic mass is 9.83. The molecule has 0 N–H and O–H groups in total. The van der Waals surface area contributed by atoms with Gasteiger partial charge in [-0.15, -0.1) is 0 Å². The Morgan fingerprint density at radius 3 is 2.09 bits per heavy atom. The largest absolute Gasteiger partial charge is 0.358 e. The predicted molar refractivity (Wildman–Crippen MR) is 131 cm³/mol. The molecule has 6 rings (SSSR count). The fraction of sp³-hybridized carbons (Fsp3) is 0.148. The predicted octanol–water partition coefficient (Wildman–Crippen LogP) is 5.39. The summed E-state index contributed by atoms with van der Waals surface area (Å²) in [6, 6.07) is 19.8. The van der Waals surface area contributed by atoms with Crippen molar-refractivity contribution < 1.29 is 14.4 Å². The van der Waals surface area contributed by atoms with E-state index >= 15 is 0 Å². The first-order valence-corrected chi connectivity index (χ1v) is 11.7. The van der Waals surface area contributed by atoms with Crippen LogP contribution < -0.4 is 4.90 Å². The topological polar surface area (TPSA) is 57.7 Å². The van der Waals surface area contributed by atoms with Crippen LogP contribution in [0.3, 0.4) is 0 Å². The van der Waals surface area contributed by atoms with Crippen molar-refractivity contribution in [1.29, 1.82) is 0 Å². The Hall–Kier alpha value is -3.41. The first kappa shape index (κ1) is 21.1. The fourth-order valence-electron chi connectivity index (χ4n) is 5.49. The van der Waals surface area contributed by atoms with Gasteiger partial charge in [0, 0.05) is 21.8 Å². The van der Waals surface area contributed by atoms with Gasteiger partial charge in [0.2, 0.25) is 11.8 Å². The summed E-state index contributed by atoms with van der Waals surface area (Å²) < 4.78 is 0. The number of benzene rings is 3. The molecule has 0 unspecified atom stereocenters. The summed E-state index contributed by atoms with van der Waals surface area (Å²) in [7, 11) is 0. The van der Waals surface area contributed by atoms with Crippen LogP contribution in [0.25, 0.3) is 6.08 Å². The number of hydrogen-bond acceptors (Lipinski definition) is 4. The fourth-order valence-corrected chi connectivity index (χ4v) is 5.74. The van der Waals surface area contributed by atoms with Crippen LogP contribution in [0.4, 0.5) is 5.69 Å². The maximum atomic E-state index is 13.8. The average molecular weight is 489 g/mol. The van der Waals surface area contributed by atoms with E-state index in [-0.39, 0.29) is 17.6 Å². The van der Waals surface area contributed by atoms with Crippen molar-refractivity contribution >= 4 is 52.6 Å². The molecule has 0 aromatic heterocycles. The van der Waals surface area contributed by atoms with Crippen LogP contribution in [0.1, 0.15) is 27.5 Å². The summed E-state index contributed by atoms with van der Waals surface area (Å²) in [5.74, 6) is -2.38. The molecule has 0 bridgehead atoms. The molecule has 34 heavy (non-hydrogen) atoms. The molecule has 0 saturated carbocycles. The van der Waals surface area contributed by atoms with E-state index in [9.17, 15) is 14.4 Å². The van der Waals surface area contributed by atoms with E-state index in [0.29, 0.717) is 21.3 Å². The minimum atomic E-state index is -0.813. The third-order valence-corrected chi connectivity index (χ3v) is 7.45. The summed E-state index contributed by atoms with van der Waals surface area (Å²) in [5.41, 5.74) is 2.82. The van der Waals surface area contributed by atoms with E-state index in [2.05, 4.69) is 0 Å². The molecule has 3 aromatic carbocycles. The molecule has 3 aromatic rings. The number of Topliss-reactive ketones (excluding diaryl/α,β-unsaturated/α-hetero) is 1. The molecule has 0 aliphatic carbocycles. The Morgan fingerprint density at radius 1 is 0.765 bits per heavy atom. The molecule has 2 fully saturated rings. The summed E-state index contributed by atoms with van der Waals surface area (Å²) in [5, 5.41) is 1.03. The number of imide groups is 1. The van der Waals surface area contributed by atoms with E-state index in [1.165, 1.54) is 4.90 Å². The second-order valence-electron chi connectivity index (χ2n) is 8.69. The lowest BCUT2D eigenvalue weighted by Gasteiger charge is -2.35. The van der Waals surface area contributed by atoms with Crippen LogP contribution in [-0.2, 0) is 9.59 Å². The second kappa shape index (κ2) is 7.83. The molecule has 7 heteroatoms. The van der Waals surface area contributed by atoms with E-state index in [0.717, 1.165) is 11.1 Å². The molecule has 3 aliphatic rings. The van der Waals surface area contributed by atoms with Gasteiger partial charge in [-0.1, -0.05) is 47.5 Å². The smallest absolute Gasteiger partial charge is 0.240 e. The van der Waals surface area contributed by atoms with E-state index in [1.807, 2.05) is 41.4 Å². The summed E-state index contributed by atoms with van der Waals surface area (Å²) >= 11 is 12.0. The van der Waals surface area contributed by atoms with Gasteiger partial charge in [-0.2, -0.15) is 0 Å². The first-order chi connectivity index (χ1) is 16.5. The van der Waals surface area contributed by atoms with Gasteiger partial charge in [0.25, 0.3) is 0 Å². The maximum absolute atomic E-state index is 13.8. The van der Waals surface area contributed by atoms with Crippen molar-refractivity contribution in [2.45, 2.75) is 12.1 Å². The zero-order valence-corrected chi connectivity index (χ0v) is 19.3. The van der Waals surface area contributed by atoms with Crippen molar-refractivity contribution in [3.8, 4) is 0 Å². The quantitative estimate of drug-likeness (QED) is 0.366. The standard InChI is InChI=1S/C27H18Cl2N2O3/c28-17-7-5-16(6-8-17)25(32)24-22-21(23-20-4-2-1-3-15(20)13-14-30(23)24)26(33)31(27(22)34)19-11-9-18(29)10-12-19/h1-14,21-24H/t21-,22-,23-,24+/m1/s1. The summed E-state index contributed by atoms with van der Waals surface area (Å²) in [6.45, 7) is 0. The number of nitrogens with zero attached hydrogens (tertiary/aromatic N) is 2. The highest BCUT2D eigenvalue weighted by atomic mass is 35.5. The normalized spacial score (nSPS) is 24.8. The van der Waals surface area contributed by atoms with E-state index in [4.69, 9.17) is 23.2 Å². The number of ketones is 1. The molecular weight excluding hydrogens is 471 g/mol. The molecular formula is C27H18Cl2N2O3. The van der Waals surface area contributed by atoms with Gasteiger partial charge in [0.05, 0.1) is 23.6 Å². The molecule has 5 nitrogen and oxygen atoms in total. The van der Waals surface area contributed by atoms with E-state index < -0.39 is 23.9 Å². The molecule has 0 spiro atoms. The Bertz CT molecular complexity index is 1370. The van der Waals surface area contributed by atoms with Crippen molar-refractivity contribution in [3.05, 3.63) is 106 Å². The van der Waals surface area contributed by atoms with Crippen LogP contribution in [0.2, 0.25) is 10.0 Å². The minimum absolute atomic E-state index is 0.211. The lowest BCUT2D eigenvalue weighted by Crippen LogP contribution is -2.44. The molecule has 4 atom stereocenters. The highest BCUT2D eigenvalue weighted by molar-refractivity contribution is 6.31. The molecule has 3 aliphatic heterocycles. The monoisotopic (exact) mass is 488 g/mol. The molecule has 2 saturated heterocycles. The van der Waals surface area contributed by atoms with Crippen LogP contribution in [0, 0.1) is 11.8 Å². The van der Waals surface area contributed by atoms with Crippen LogP contribution >= 0.6 is 23.2 Å². The SMILES string of the molecule is O=C(c1ccc(Cl)cc1)[C@@H]1[C@@H]2C(=O)N(c3ccc(Cl)cc3)C(=O)[C@H]2[C@H]2c3ccccc3C=CN12. The summed E-state index contributed by atoms with van der Waals surface area (Å²) in [4.78, 5) is 44.5. The highest BCUT2D eigenvalue weighted by Crippen LogP contribution is 2.53. The lowest BCUT2D eigenvalue weighted by molar-refractivity contribution is -0.123. The average Bonchev–Trinajstić information content (AvgIpc) is 3.32. The van der Waals surface area contributed by atoms with Crippen LogP contribution in [0.5, 0.6) is 0 Å². The number of anilines is 1. The van der Waals surface area contributed by atoms with Gasteiger partial charge in [0.1, 0.15) is 6.04 Å². The van der Waals surface area contributed by atoms with Gasteiger partial charge >= 0.3 is 0 Å². The third-order valence-electron chi connectivity index (χ3n) is 6.94. The number of fused-ring (bicyclic) bond motifs is 5. The zero-order chi connectivity index (χ0) is 23.6. The second-order valence-corrected chi connectivity index (χ2v) is 9.57. The number of carbonyl (C=O) groups excluding carboxylic acids is 3. The number of rotatable bonds is 3. The van der Waals surface area contributed by atoms with Crippen molar-refractivity contribution in [2.24, 2.45) is 11.8 Å². The van der Waals surface area contributed by atoms with Crippen LogP contribution in [-0.4, -0.2) is 28.5 Å². The summed E-state index contributed by atoms with van der Waals surface area (Å²) in [6.07, 6.45) is 3.78. The third kappa shape index (κ3) is 3.04. The number of halogens is 2. The molecule has 0 radical (unpaired) electrons. The Morgan fingerprint density at radius 2 is 1.38 bits per heavy atom. The van der Waals surface area contributed by atoms with Gasteiger partial charge in [-0.3, -0.25) is 14.4 Å². The van der Waals surface area contributed by atoms with Gasteiger partial charge in [-0.25, -0.2) is 4.90 Å². The zero-order valence-electron chi connectivity index (χ0n) is 17.8. The Kier molecular flexibility index (Phi) is 4.87. The minimum Gasteiger partial charge on any atom is -0.358 e. The van der Waals surface area contributed by atoms with Crippen molar-refractivity contribution in [2.75, 3.05) is 4.90 Å². The Balaban J connectivity index is 1.49. The van der Waals surface area contributed by atoms with Crippen molar-refractivity contribution in [1.82, 2.24) is 4.90 Å². The van der Waals surface area contributed by atoms with Gasteiger partial charge < -0.3 is 4.90 Å². The number of carbonyl (C=O) groups is 3. The van der Waals surface area contributed by atoms with Gasteiger partial charge in [0.15, 0.2) is 5.78 Å². The van der Waals surface area contributed by atoms with Crippen LogP contribution in [0.15, 0.2) is 79.0 Å². The van der Waals surface area contributed by atoms with Gasteiger partial charge in [-0.05, 0) is 65.7 Å². The first-order valence-electron chi connectivity index (χ1n) is 10.9.